The fraction of sp³-hybridized carbons (Fsp3) is 0.647. The minimum atomic E-state index is 0.285. The van der Waals surface area contributed by atoms with Gasteiger partial charge in [0.15, 0.2) is 5.65 Å². The molecule has 2 aromatic rings. The van der Waals surface area contributed by atoms with Gasteiger partial charge in [-0.15, -0.1) is 0 Å². The Kier molecular flexibility index (Phi) is 3.83. The number of hydrogen-bond donors (Lipinski definition) is 1. The minimum Gasteiger partial charge on any atom is -0.308 e. The van der Waals surface area contributed by atoms with Crippen LogP contribution in [0.2, 0.25) is 0 Å². The number of hydrogen-bond acceptors (Lipinski definition) is 5. The number of piperazine rings is 3. The molecule has 0 amide bonds. The molecule has 3 fully saturated rings. The van der Waals surface area contributed by atoms with Crippen LogP contribution in [0.4, 0.5) is 0 Å². The summed E-state index contributed by atoms with van der Waals surface area (Å²) in [7, 11) is 0. The summed E-state index contributed by atoms with van der Waals surface area (Å²) in [5.41, 5.74) is 4.35. The van der Waals surface area contributed by atoms with Gasteiger partial charge in [0.05, 0.1) is 5.69 Å². The Morgan fingerprint density at radius 2 is 2.04 bits per heavy atom. The van der Waals surface area contributed by atoms with Crippen LogP contribution in [0.1, 0.15) is 29.9 Å². The predicted molar refractivity (Wildman–Crippen MR) is 90.7 cm³/mol. The van der Waals surface area contributed by atoms with E-state index >= 15 is 0 Å². The smallest absolute Gasteiger partial charge is 0.155 e. The fourth-order valence-corrected chi connectivity index (χ4v) is 3.94. The predicted octanol–water partition coefficient (Wildman–Crippen LogP) is 0.997. The van der Waals surface area contributed by atoms with Crippen molar-refractivity contribution in [3.05, 3.63) is 29.2 Å². The molecule has 2 atom stereocenters. The van der Waals surface area contributed by atoms with Crippen LogP contribution < -0.4 is 5.32 Å². The van der Waals surface area contributed by atoms with Crippen LogP contribution in [-0.2, 0) is 0 Å². The molecule has 0 saturated carbocycles. The monoisotopic (exact) mass is 314 g/mol. The molecule has 0 aromatic carbocycles. The summed E-state index contributed by atoms with van der Waals surface area (Å²) in [5, 5.41) is 8.26. The third-order valence-corrected chi connectivity index (χ3v) is 5.40. The highest BCUT2D eigenvalue weighted by molar-refractivity contribution is 5.42. The van der Waals surface area contributed by atoms with E-state index in [1.165, 1.54) is 44.0 Å². The molecule has 23 heavy (non-hydrogen) atoms. The Morgan fingerprint density at radius 1 is 1.26 bits per heavy atom. The van der Waals surface area contributed by atoms with Gasteiger partial charge in [0.25, 0.3) is 0 Å². The Morgan fingerprint density at radius 3 is 2.74 bits per heavy atom. The van der Waals surface area contributed by atoms with Crippen molar-refractivity contribution in [2.45, 2.75) is 32.9 Å². The van der Waals surface area contributed by atoms with E-state index in [0.29, 0.717) is 6.04 Å². The molecule has 2 aromatic heterocycles. The highest BCUT2D eigenvalue weighted by Crippen LogP contribution is 2.20. The van der Waals surface area contributed by atoms with Gasteiger partial charge in [0.1, 0.15) is 0 Å². The topological polar surface area (TPSA) is 48.7 Å². The van der Waals surface area contributed by atoms with Gasteiger partial charge in [-0.05, 0) is 20.8 Å². The maximum Gasteiger partial charge on any atom is 0.155 e. The summed E-state index contributed by atoms with van der Waals surface area (Å²) in [6.45, 7) is 13.5. The normalized spacial score (nSPS) is 28.4. The molecule has 1 N–H and O–H groups in total. The van der Waals surface area contributed by atoms with Crippen molar-refractivity contribution in [2.24, 2.45) is 0 Å². The van der Waals surface area contributed by atoms with Gasteiger partial charge < -0.3 is 5.32 Å². The van der Waals surface area contributed by atoms with E-state index in [0.717, 1.165) is 17.9 Å². The molecule has 5 heterocycles. The van der Waals surface area contributed by atoms with Gasteiger partial charge in [0.2, 0.25) is 0 Å². The van der Waals surface area contributed by atoms with Crippen LogP contribution in [0.25, 0.3) is 5.65 Å². The molecule has 5 rings (SSSR count). The van der Waals surface area contributed by atoms with Crippen LogP contribution in [0.5, 0.6) is 0 Å². The van der Waals surface area contributed by atoms with E-state index in [1.54, 1.807) is 0 Å². The maximum atomic E-state index is 4.56. The zero-order chi connectivity index (χ0) is 16.0. The van der Waals surface area contributed by atoms with E-state index in [4.69, 9.17) is 0 Å². The highest BCUT2D eigenvalue weighted by atomic mass is 15.3. The molecule has 3 aliphatic rings. The number of nitrogens with one attached hydrogen (secondary N) is 1. The Balaban J connectivity index is 1.46. The van der Waals surface area contributed by atoms with Crippen molar-refractivity contribution in [2.75, 3.05) is 39.3 Å². The number of rotatable bonds is 4. The average Bonchev–Trinajstić information content (AvgIpc) is 2.95. The van der Waals surface area contributed by atoms with Crippen molar-refractivity contribution < 1.29 is 0 Å². The summed E-state index contributed by atoms with van der Waals surface area (Å²) in [6, 6.07) is 2.95. The second-order valence-electron chi connectivity index (χ2n) is 6.98. The lowest BCUT2D eigenvalue weighted by atomic mass is 10.1. The zero-order valence-corrected chi connectivity index (χ0v) is 14.3. The molecular weight excluding hydrogens is 288 g/mol. The largest absolute Gasteiger partial charge is 0.308 e. The molecule has 6 nitrogen and oxygen atoms in total. The van der Waals surface area contributed by atoms with E-state index in [1.807, 2.05) is 23.7 Å². The molecule has 0 spiro atoms. The van der Waals surface area contributed by atoms with Gasteiger partial charge in [-0.1, -0.05) is 0 Å². The first-order chi connectivity index (χ1) is 11.1. The molecular formula is C17H26N6. The molecule has 0 aliphatic carbocycles. The Bertz CT molecular complexity index is 700. The third-order valence-electron chi connectivity index (χ3n) is 5.40. The molecule has 2 unspecified atom stereocenters. The van der Waals surface area contributed by atoms with Gasteiger partial charge in [-0.2, -0.15) is 5.10 Å². The first-order valence-corrected chi connectivity index (χ1v) is 8.63. The average molecular weight is 314 g/mol. The Labute approximate surface area is 137 Å². The minimum absolute atomic E-state index is 0.285. The van der Waals surface area contributed by atoms with Crippen molar-refractivity contribution in [3.8, 4) is 0 Å². The molecule has 3 saturated heterocycles. The standard InChI is InChI=1S/C17H26N6/c1-12-8-17-19-10-16(14(3)23(17)20-12)13(2)18-9-15-11-21-4-6-22(15)7-5-21/h8,10,13,15,18H,4-7,9,11H2,1-3H3. The molecule has 0 radical (unpaired) electrons. The maximum absolute atomic E-state index is 4.56. The summed E-state index contributed by atoms with van der Waals surface area (Å²) in [4.78, 5) is 9.77. The fourth-order valence-electron chi connectivity index (χ4n) is 3.94. The van der Waals surface area contributed by atoms with Crippen LogP contribution in [0.15, 0.2) is 12.3 Å². The van der Waals surface area contributed by atoms with E-state index in [9.17, 15) is 0 Å². The summed E-state index contributed by atoms with van der Waals surface area (Å²) >= 11 is 0. The van der Waals surface area contributed by atoms with Crippen molar-refractivity contribution in [3.63, 3.8) is 0 Å². The zero-order valence-electron chi connectivity index (χ0n) is 14.3. The lowest BCUT2D eigenvalue weighted by Crippen LogP contribution is -2.63. The van der Waals surface area contributed by atoms with Crippen LogP contribution in [-0.4, -0.2) is 69.7 Å². The lowest BCUT2D eigenvalue weighted by Gasteiger charge is -2.47. The van der Waals surface area contributed by atoms with Gasteiger partial charge >= 0.3 is 0 Å². The third kappa shape index (κ3) is 2.75. The molecule has 124 valence electrons. The second-order valence-corrected chi connectivity index (χ2v) is 6.98. The SMILES string of the molecule is Cc1cc2ncc(C(C)NCC3CN4CCN3CC4)c(C)n2n1. The van der Waals surface area contributed by atoms with Gasteiger partial charge in [0, 0.05) is 74.9 Å². The number of nitrogens with zero attached hydrogens (tertiary/aromatic N) is 5. The summed E-state index contributed by atoms with van der Waals surface area (Å²) < 4.78 is 1.96. The van der Waals surface area contributed by atoms with E-state index < -0.39 is 0 Å². The number of fused-ring (bicyclic) bond motifs is 4. The van der Waals surface area contributed by atoms with Gasteiger partial charge in [-0.25, -0.2) is 9.50 Å². The molecule has 6 heteroatoms. The van der Waals surface area contributed by atoms with Crippen LogP contribution in [0.3, 0.4) is 0 Å². The van der Waals surface area contributed by atoms with Crippen molar-refractivity contribution in [1.82, 2.24) is 29.7 Å². The molecule has 2 bridgehead atoms. The first-order valence-electron chi connectivity index (χ1n) is 8.63. The van der Waals surface area contributed by atoms with Crippen molar-refractivity contribution in [1.29, 1.82) is 0 Å². The Hall–Kier alpha value is -1.50. The highest BCUT2D eigenvalue weighted by Gasteiger charge is 2.31. The number of aryl methyl sites for hydroxylation is 2. The summed E-state index contributed by atoms with van der Waals surface area (Å²) in [5.74, 6) is 0. The molecule has 3 aliphatic heterocycles. The van der Waals surface area contributed by atoms with Gasteiger partial charge in [-0.3, -0.25) is 9.80 Å². The van der Waals surface area contributed by atoms with E-state index in [2.05, 4.69) is 39.0 Å². The lowest BCUT2D eigenvalue weighted by molar-refractivity contribution is 0.0128. The van der Waals surface area contributed by atoms with Crippen LogP contribution >= 0.6 is 0 Å². The van der Waals surface area contributed by atoms with Crippen molar-refractivity contribution >= 4 is 5.65 Å². The number of aromatic nitrogens is 3. The van der Waals surface area contributed by atoms with E-state index in [-0.39, 0.29) is 6.04 Å². The second kappa shape index (κ2) is 5.85. The first kappa shape index (κ1) is 15.1. The van der Waals surface area contributed by atoms with Crippen LogP contribution in [0, 0.1) is 13.8 Å². The quantitative estimate of drug-likeness (QED) is 0.912. The summed E-state index contributed by atoms with van der Waals surface area (Å²) in [6.07, 6.45) is 2.00.